The average molecular weight is 1350 g/mol. The Morgan fingerprint density at radius 1 is 0.537 bits per heavy atom. The van der Waals surface area contributed by atoms with E-state index in [0.717, 1.165) is 0 Å². The summed E-state index contributed by atoms with van der Waals surface area (Å²) in [5.41, 5.74) is 40.6. The number of likely N-dealkylation sites (tertiary alicyclic amines) is 2. The van der Waals surface area contributed by atoms with Gasteiger partial charge in [-0.25, -0.2) is 0 Å². The summed E-state index contributed by atoms with van der Waals surface area (Å²) >= 11 is 1.45. The smallest absolute Gasteiger partial charge is 0.245 e. The minimum absolute atomic E-state index is 0.0736. The first kappa shape index (κ1) is 78.5. The molecular formula is C63H98N18O13S. The number of carbonyl (C=O) groups excluding carboxylic acids is 13. The van der Waals surface area contributed by atoms with Crippen molar-refractivity contribution >= 4 is 94.5 Å². The van der Waals surface area contributed by atoms with Gasteiger partial charge in [-0.3, -0.25) is 67.3 Å². The van der Waals surface area contributed by atoms with Crippen molar-refractivity contribution in [2.45, 2.75) is 183 Å². The van der Waals surface area contributed by atoms with Crippen LogP contribution >= 0.6 is 11.8 Å². The minimum atomic E-state index is -1.64. The maximum atomic E-state index is 14.7. The predicted molar refractivity (Wildman–Crippen MR) is 356 cm³/mol. The van der Waals surface area contributed by atoms with Gasteiger partial charge in [0.15, 0.2) is 5.96 Å². The first-order valence-electron chi connectivity index (χ1n) is 32.2. The summed E-state index contributed by atoms with van der Waals surface area (Å²) in [5.74, 6) is -9.80. The third-order valence-electron chi connectivity index (χ3n) is 16.0. The van der Waals surface area contributed by atoms with E-state index in [1.165, 1.54) is 21.6 Å². The van der Waals surface area contributed by atoms with Gasteiger partial charge in [0, 0.05) is 45.3 Å². The normalized spacial score (nSPS) is 16.8. The Morgan fingerprint density at radius 3 is 1.51 bits per heavy atom. The third kappa shape index (κ3) is 27.5. The Morgan fingerprint density at radius 2 is 1.01 bits per heavy atom. The second-order valence-electron chi connectivity index (χ2n) is 24.1. The summed E-state index contributed by atoms with van der Waals surface area (Å²) in [5, 5.41) is 21.1. The summed E-state index contributed by atoms with van der Waals surface area (Å²) in [4.78, 5) is 185. The van der Waals surface area contributed by atoms with Crippen LogP contribution in [0.2, 0.25) is 0 Å². The molecule has 2 saturated heterocycles. The molecule has 2 aliphatic heterocycles. The Labute approximate surface area is 558 Å². The summed E-state index contributed by atoms with van der Waals surface area (Å²) < 4.78 is 0. The first-order chi connectivity index (χ1) is 45.2. The number of hydrogen-bond donors (Lipinski definition) is 15. The van der Waals surface area contributed by atoms with Crippen LogP contribution in [0.5, 0.6) is 0 Å². The maximum Gasteiger partial charge on any atom is 0.245 e. The number of aliphatic imine (C=N–C) groups is 1. The van der Waals surface area contributed by atoms with Crippen LogP contribution in [-0.2, 0) is 75.2 Å². The van der Waals surface area contributed by atoms with Crippen LogP contribution in [-0.4, -0.2) is 198 Å². The number of benzene rings is 2. The highest BCUT2D eigenvalue weighted by molar-refractivity contribution is 7.98. The second kappa shape index (κ2) is 41.0. The van der Waals surface area contributed by atoms with E-state index in [-0.39, 0.29) is 83.0 Å². The van der Waals surface area contributed by atoms with Crippen molar-refractivity contribution in [3.8, 4) is 0 Å². The minimum Gasteiger partial charge on any atom is -0.370 e. The molecule has 2 aromatic carbocycles. The van der Waals surface area contributed by atoms with Gasteiger partial charge in [-0.15, -0.1) is 0 Å². The second-order valence-corrected chi connectivity index (χ2v) is 25.1. The van der Waals surface area contributed by atoms with Crippen molar-refractivity contribution in [1.29, 1.82) is 0 Å². The highest BCUT2D eigenvalue weighted by Gasteiger charge is 2.42. The maximum absolute atomic E-state index is 14.7. The van der Waals surface area contributed by atoms with Crippen LogP contribution in [0.15, 0.2) is 65.7 Å². The molecule has 4 rings (SSSR count). The fourth-order valence-corrected chi connectivity index (χ4v) is 11.5. The van der Waals surface area contributed by atoms with Crippen molar-refractivity contribution in [3.05, 3.63) is 71.8 Å². The van der Waals surface area contributed by atoms with E-state index in [0.29, 0.717) is 55.4 Å². The molecule has 10 atom stereocenters. The van der Waals surface area contributed by atoms with Gasteiger partial charge in [-0.05, 0) is 119 Å². The summed E-state index contributed by atoms with van der Waals surface area (Å²) in [6, 6.07) is 4.51. The number of thioether (sulfide) groups is 1. The topological polar surface area (TPSA) is 519 Å². The molecule has 22 N–H and O–H groups in total. The number of nitrogens with two attached hydrogens (primary N) is 7. The van der Waals surface area contributed by atoms with E-state index in [4.69, 9.17) is 40.1 Å². The highest BCUT2D eigenvalue weighted by Crippen LogP contribution is 2.24. The van der Waals surface area contributed by atoms with Gasteiger partial charge >= 0.3 is 0 Å². The number of guanidine groups is 1. The summed E-state index contributed by atoms with van der Waals surface area (Å²) in [6.07, 6.45) is 3.12. The number of nitrogens with one attached hydrogen (secondary N) is 8. The van der Waals surface area contributed by atoms with Gasteiger partial charge in [0.25, 0.3) is 0 Å². The Bertz CT molecular complexity index is 2960. The molecule has 524 valence electrons. The van der Waals surface area contributed by atoms with Crippen LogP contribution in [0.4, 0.5) is 0 Å². The van der Waals surface area contributed by atoms with Crippen LogP contribution in [0.3, 0.4) is 0 Å². The molecule has 0 aromatic heterocycles. The largest absolute Gasteiger partial charge is 0.370 e. The molecule has 2 aromatic rings. The standard InChI is InChI=1S/C63H98N18O13S/c1-37(2)33-45(57(89)74-41(53(68)85)27-32-95-3)73-52(84)36-72-54(86)46(34-38-15-6-4-7-16-38)78-58(90)47(35-39-17-8-5-9-18-39)79-56(88)42(23-25-50(66)82)75-55(87)43(24-26-51(67)83)76-59(91)49-22-14-31-81(49)62(94)44(20-10-11-28-64)77-60(92)48-21-13-30-80(48)61(93)40(65)19-12-29-71-63(69)70/h4-9,15-18,37,40-49H,10-14,19-36,64-65H2,1-3H3,(H2,66,82)(H2,67,83)(H2,68,85)(H,72,86)(H,73,84)(H,74,89)(H,75,87)(H,76,91)(H,77,92)(H,78,90)(H,79,88)(H4,69,70,71)/t40-,41-,42-,43+,44+,45-,46+,47-,48+,49-/m0/s1. The van der Waals surface area contributed by atoms with E-state index < -0.39 is 169 Å². The molecule has 13 amide bonds. The van der Waals surface area contributed by atoms with Crippen molar-refractivity contribution < 1.29 is 62.3 Å². The molecule has 0 aliphatic carbocycles. The Kier molecular flexibility index (Phi) is 33.9. The Balaban J connectivity index is 1.56. The van der Waals surface area contributed by atoms with Crippen molar-refractivity contribution in [2.75, 3.05) is 44.7 Å². The molecule has 2 heterocycles. The fraction of sp³-hybridized carbons (Fsp3) is 0.587. The van der Waals surface area contributed by atoms with E-state index in [1.54, 1.807) is 60.7 Å². The first-order valence-corrected chi connectivity index (χ1v) is 33.6. The van der Waals surface area contributed by atoms with Crippen LogP contribution in [0.1, 0.15) is 121 Å². The Hall–Kier alpha value is -8.91. The molecular weight excluding hydrogens is 1250 g/mol. The van der Waals surface area contributed by atoms with E-state index >= 15 is 0 Å². The van der Waals surface area contributed by atoms with Crippen LogP contribution in [0, 0.1) is 5.92 Å². The molecule has 2 aliphatic rings. The zero-order chi connectivity index (χ0) is 70.1. The molecule has 0 bridgehead atoms. The van der Waals surface area contributed by atoms with E-state index in [1.807, 2.05) is 20.1 Å². The lowest BCUT2D eigenvalue weighted by Gasteiger charge is -2.32. The zero-order valence-corrected chi connectivity index (χ0v) is 55.3. The quantitative estimate of drug-likeness (QED) is 0.0173. The molecule has 0 unspecified atom stereocenters. The third-order valence-corrected chi connectivity index (χ3v) is 16.7. The van der Waals surface area contributed by atoms with E-state index in [2.05, 4.69) is 47.5 Å². The lowest BCUT2D eigenvalue weighted by molar-refractivity contribution is -0.144. The van der Waals surface area contributed by atoms with Crippen molar-refractivity contribution in [3.63, 3.8) is 0 Å². The zero-order valence-electron chi connectivity index (χ0n) is 54.5. The van der Waals surface area contributed by atoms with E-state index in [9.17, 15) is 62.3 Å². The molecule has 0 radical (unpaired) electrons. The predicted octanol–water partition coefficient (Wildman–Crippen LogP) is -3.71. The number of rotatable bonds is 42. The molecule has 0 saturated carbocycles. The van der Waals surface area contributed by atoms with Gasteiger partial charge in [-0.2, -0.15) is 11.8 Å². The summed E-state index contributed by atoms with van der Waals surface area (Å²) in [7, 11) is 0. The average Bonchev–Trinajstić information content (AvgIpc) is 1.74. The number of carbonyl (C=O) groups is 13. The van der Waals surface area contributed by atoms with Crippen LogP contribution in [0.25, 0.3) is 0 Å². The fourth-order valence-electron chi connectivity index (χ4n) is 11.0. The molecule has 95 heavy (non-hydrogen) atoms. The van der Waals surface area contributed by atoms with Crippen molar-refractivity contribution in [2.24, 2.45) is 51.0 Å². The molecule has 32 heteroatoms. The lowest BCUT2D eigenvalue weighted by Crippen LogP contribution is -2.60. The molecule has 0 spiro atoms. The van der Waals surface area contributed by atoms with Gasteiger partial charge in [0.2, 0.25) is 76.8 Å². The van der Waals surface area contributed by atoms with Gasteiger partial charge in [0.1, 0.15) is 54.4 Å². The molecule has 31 nitrogen and oxygen atoms in total. The van der Waals surface area contributed by atoms with Crippen molar-refractivity contribution in [1.82, 2.24) is 52.3 Å². The molecule has 2 fully saturated rings. The summed E-state index contributed by atoms with van der Waals surface area (Å²) in [6.45, 7) is 3.86. The number of unbranched alkanes of at least 4 members (excludes halogenated alkanes) is 1. The number of nitrogens with zero attached hydrogens (tertiary/aromatic N) is 3. The van der Waals surface area contributed by atoms with Gasteiger partial charge < -0.3 is 92.5 Å². The number of amides is 13. The highest BCUT2D eigenvalue weighted by atomic mass is 32.2. The number of primary amides is 3. The number of hydrogen-bond acceptors (Lipinski definition) is 17. The SMILES string of the molecule is CSCC[C@H](NC(=O)[C@H](CC(C)C)NC(=O)CNC(=O)[C@@H](Cc1ccccc1)NC(=O)[C@H](Cc1ccccc1)NC(=O)[C@H](CCC(N)=O)NC(=O)[C@@H](CCC(N)=O)NC(=O)[C@@H]1CCCN1C(=O)[C@@H](CCCCN)NC(=O)[C@H]1CCCN1C(=O)[C@@H](N)CCCN=C(N)N)C(N)=O. The lowest BCUT2D eigenvalue weighted by atomic mass is 10.0. The monoisotopic (exact) mass is 1350 g/mol. The van der Waals surface area contributed by atoms with Gasteiger partial charge in [0.05, 0.1) is 12.6 Å². The van der Waals surface area contributed by atoms with Crippen LogP contribution < -0.4 is 82.7 Å². The van der Waals surface area contributed by atoms with Gasteiger partial charge in [-0.1, -0.05) is 74.5 Å².